The Morgan fingerprint density at radius 1 is 1.12 bits per heavy atom. The number of nitrogens with zero attached hydrogens (tertiary/aromatic N) is 1. The zero-order chi connectivity index (χ0) is 19.1. The standard InChI is InChI=1S/C19H20FNO5/c1-3-25-18-15(5-4-6-16(18)20)19(24)21(2)11-13-7-9-14(10-8-13)26-12-17(22)23/h4-10H,3,11-12H2,1-2H3,(H,22,23). The van der Waals surface area contributed by atoms with Gasteiger partial charge in [-0.3, -0.25) is 4.79 Å². The molecule has 0 aromatic heterocycles. The molecule has 0 heterocycles. The fourth-order valence-electron chi connectivity index (χ4n) is 2.36. The first-order valence-corrected chi connectivity index (χ1v) is 8.02. The number of carboxylic acids is 1. The number of rotatable bonds is 8. The maximum Gasteiger partial charge on any atom is 0.341 e. The van der Waals surface area contributed by atoms with E-state index in [4.69, 9.17) is 14.6 Å². The van der Waals surface area contributed by atoms with Crippen molar-refractivity contribution in [1.29, 1.82) is 0 Å². The summed E-state index contributed by atoms with van der Waals surface area (Å²) in [7, 11) is 1.61. The number of hydrogen-bond donors (Lipinski definition) is 1. The largest absolute Gasteiger partial charge is 0.490 e. The van der Waals surface area contributed by atoms with Crippen LogP contribution in [0.3, 0.4) is 0 Å². The molecule has 6 nitrogen and oxygen atoms in total. The number of para-hydroxylation sites is 1. The van der Waals surface area contributed by atoms with Crippen LogP contribution in [-0.4, -0.2) is 42.1 Å². The summed E-state index contributed by atoms with van der Waals surface area (Å²) in [6.07, 6.45) is 0. The second kappa shape index (κ2) is 8.84. The van der Waals surface area contributed by atoms with Crippen LogP contribution in [0.5, 0.6) is 11.5 Å². The highest BCUT2D eigenvalue weighted by Gasteiger charge is 2.19. The number of carbonyl (C=O) groups excluding carboxylic acids is 1. The number of amides is 1. The van der Waals surface area contributed by atoms with Crippen LogP contribution in [0.15, 0.2) is 42.5 Å². The van der Waals surface area contributed by atoms with E-state index in [0.29, 0.717) is 12.3 Å². The molecule has 0 aliphatic carbocycles. The Hall–Kier alpha value is -3.09. The molecule has 26 heavy (non-hydrogen) atoms. The Bertz CT molecular complexity index is 776. The molecule has 0 aliphatic rings. The van der Waals surface area contributed by atoms with Gasteiger partial charge in [-0.05, 0) is 36.8 Å². The first-order chi connectivity index (χ1) is 12.4. The van der Waals surface area contributed by atoms with E-state index in [2.05, 4.69) is 0 Å². The van der Waals surface area contributed by atoms with Crippen molar-refractivity contribution in [1.82, 2.24) is 4.90 Å². The third-order valence-corrected chi connectivity index (χ3v) is 3.54. The molecule has 2 aromatic carbocycles. The second-order valence-corrected chi connectivity index (χ2v) is 5.54. The average Bonchev–Trinajstić information content (AvgIpc) is 2.62. The minimum atomic E-state index is -1.06. The molecule has 0 saturated carbocycles. The maximum atomic E-state index is 13.9. The molecule has 1 amide bonds. The lowest BCUT2D eigenvalue weighted by molar-refractivity contribution is -0.139. The Morgan fingerprint density at radius 2 is 1.81 bits per heavy atom. The van der Waals surface area contributed by atoms with Crippen molar-refractivity contribution >= 4 is 11.9 Å². The maximum absolute atomic E-state index is 13.9. The summed E-state index contributed by atoms with van der Waals surface area (Å²) in [5.74, 6) is -1.62. The van der Waals surface area contributed by atoms with Crippen LogP contribution in [0, 0.1) is 5.82 Å². The van der Waals surface area contributed by atoms with Gasteiger partial charge in [-0.25, -0.2) is 9.18 Å². The van der Waals surface area contributed by atoms with Crippen LogP contribution in [0.2, 0.25) is 0 Å². The lowest BCUT2D eigenvalue weighted by Crippen LogP contribution is -2.27. The van der Waals surface area contributed by atoms with Gasteiger partial charge in [0.05, 0.1) is 12.2 Å². The fourth-order valence-corrected chi connectivity index (χ4v) is 2.36. The summed E-state index contributed by atoms with van der Waals surface area (Å²) < 4.78 is 24.2. The van der Waals surface area contributed by atoms with Gasteiger partial charge in [-0.2, -0.15) is 0 Å². The zero-order valence-corrected chi connectivity index (χ0v) is 14.6. The minimum absolute atomic E-state index is 0.0516. The Morgan fingerprint density at radius 3 is 2.42 bits per heavy atom. The number of halogens is 1. The van der Waals surface area contributed by atoms with Crippen molar-refractivity contribution in [2.75, 3.05) is 20.3 Å². The number of ether oxygens (including phenoxy) is 2. The van der Waals surface area contributed by atoms with Crippen LogP contribution in [0.1, 0.15) is 22.8 Å². The molecule has 1 N–H and O–H groups in total. The van der Waals surface area contributed by atoms with E-state index in [1.54, 1.807) is 38.2 Å². The topological polar surface area (TPSA) is 76.1 Å². The Kier molecular flexibility index (Phi) is 6.54. The van der Waals surface area contributed by atoms with E-state index in [0.717, 1.165) is 5.56 Å². The summed E-state index contributed by atoms with van der Waals surface area (Å²) in [6.45, 7) is 1.85. The number of carboxylic acid groups (broad SMARTS) is 1. The third kappa shape index (κ3) is 4.95. The molecule has 0 spiro atoms. The van der Waals surface area contributed by atoms with Crippen LogP contribution in [0.4, 0.5) is 4.39 Å². The summed E-state index contributed by atoms with van der Waals surface area (Å²) in [5.41, 5.74) is 0.980. The second-order valence-electron chi connectivity index (χ2n) is 5.54. The highest BCUT2D eigenvalue weighted by molar-refractivity contribution is 5.96. The van der Waals surface area contributed by atoms with Crippen LogP contribution < -0.4 is 9.47 Å². The van der Waals surface area contributed by atoms with Crippen LogP contribution in [0.25, 0.3) is 0 Å². The molecular weight excluding hydrogens is 341 g/mol. The van der Waals surface area contributed by atoms with E-state index in [1.807, 2.05) is 0 Å². The van der Waals surface area contributed by atoms with E-state index in [1.165, 1.54) is 23.1 Å². The lowest BCUT2D eigenvalue weighted by atomic mass is 10.1. The van der Waals surface area contributed by atoms with Crippen molar-refractivity contribution in [3.05, 3.63) is 59.4 Å². The van der Waals surface area contributed by atoms with Gasteiger partial charge in [0.15, 0.2) is 18.2 Å². The first-order valence-electron chi connectivity index (χ1n) is 8.02. The number of benzene rings is 2. The molecule has 0 radical (unpaired) electrons. The molecule has 0 saturated heterocycles. The monoisotopic (exact) mass is 361 g/mol. The van der Waals surface area contributed by atoms with E-state index in [9.17, 15) is 14.0 Å². The number of hydrogen-bond acceptors (Lipinski definition) is 4. The summed E-state index contributed by atoms with van der Waals surface area (Å²) >= 11 is 0. The smallest absolute Gasteiger partial charge is 0.341 e. The fraction of sp³-hybridized carbons (Fsp3) is 0.263. The molecule has 0 unspecified atom stereocenters. The van der Waals surface area contributed by atoms with Gasteiger partial charge >= 0.3 is 5.97 Å². The van der Waals surface area contributed by atoms with Gasteiger partial charge in [0.25, 0.3) is 5.91 Å². The normalized spacial score (nSPS) is 10.3. The van der Waals surface area contributed by atoms with Crippen molar-refractivity contribution in [3.63, 3.8) is 0 Å². The van der Waals surface area contributed by atoms with Crippen molar-refractivity contribution in [2.24, 2.45) is 0 Å². The molecule has 0 fully saturated rings. The van der Waals surface area contributed by atoms with Crippen molar-refractivity contribution in [2.45, 2.75) is 13.5 Å². The van der Waals surface area contributed by atoms with E-state index >= 15 is 0 Å². The highest BCUT2D eigenvalue weighted by atomic mass is 19.1. The molecule has 0 bridgehead atoms. The van der Waals surface area contributed by atoms with E-state index < -0.39 is 18.4 Å². The molecule has 0 atom stereocenters. The van der Waals surface area contributed by atoms with Gasteiger partial charge < -0.3 is 19.5 Å². The van der Waals surface area contributed by atoms with Gasteiger partial charge in [0, 0.05) is 13.6 Å². The summed E-state index contributed by atoms with van der Waals surface area (Å²) in [5, 5.41) is 8.59. The number of aliphatic carboxylic acids is 1. The number of carbonyl (C=O) groups is 2. The predicted octanol–water partition coefficient (Wildman–Crippen LogP) is 2.96. The first kappa shape index (κ1) is 19.2. The van der Waals surface area contributed by atoms with Crippen LogP contribution >= 0.6 is 0 Å². The molecular formula is C19H20FNO5. The molecule has 2 rings (SSSR count). The average molecular weight is 361 g/mol. The molecule has 0 aliphatic heterocycles. The Balaban J connectivity index is 2.07. The highest BCUT2D eigenvalue weighted by Crippen LogP contribution is 2.24. The molecule has 2 aromatic rings. The summed E-state index contributed by atoms with van der Waals surface area (Å²) in [6, 6.07) is 11.0. The van der Waals surface area contributed by atoms with Crippen molar-refractivity contribution < 1.29 is 28.6 Å². The Labute approximate surface area is 150 Å². The quantitative estimate of drug-likeness (QED) is 0.782. The SMILES string of the molecule is CCOc1c(F)cccc1C(=O)N(C)Cc1ccc(OCC(=O)O)cc1. The van der Waals surface area contributed by atoms with Gasteiger partial charge in [0.2, 0.25) is 0 Å². The minimum Gasteiger partial charge on any atom is -0.490 e. The zero-order valence-electron chi connectivity index (χ0n) is 14.6. The van der Waals surface area contributed by atoms with Crippen molar-refractivity contribution in [3.8, 4) is 11.5 Å². The lowest BCUT2D eigenvalue weighted by Gasteiger charge is -2.19. The van der Waals surface area contributed by atoms with Gasteiger partial charge in [-0.1, -0.05) is 18.2 Å². The van der Waals surface area contributed by atoms with Gasteiger partial charge in [-0.15, -0.1) is 0 Å². The predicted molar refractivity (Wildman–Crippen MR) is 92.9 cm³/mol. The van der Waals surface area contributed by atoms with Crippen LogP contribution in [-0.2, 0) is 11.3 Å². The molecule has 138 valence electrons. The molecule has 7 heteroatoms. The van der Waals surface area contributed by atoms with E-state index in [-0.39, 0.29) is 23.8 Å². The third-order valence-electron chi connectivity index (χ3n) is 3.54. The summed E-state index contributed by atoms with van der Waals surface area (Å²) in [4.78, 5) is 24.6. The van der Waals surface area contributed by atoms with Gasteiger partial charge in [0.1, 0.15) is 5.75 Å².